The highest BCUT2D eigenvalue weighted by Crippen LogP contribution is 2.41. The first kappa shape index (κ1) is 16.7. The third kappa shape index (κ3) is 3.23. The van der Waals surface area contributed by atoms with Gasteiger partial charge in [-0.15, -0.1) is 0 Å². The Balaban J connectivity index is 1.59. The van der Waals surface area contributed by atoms with Gasteiger partial charge in [0.1, 0.15) is 0 Å². The van der Waals surface area contributed by atoms with E-state index < -0.39 is 11.7 Å². The lowest BCUT2D eigenvalue weighted by Gasteiger charge is -2.38. The first-order valence-electron chi connectivity index (χ1n) is 8.55. The highest BCUT2D eigenvalue weighted by atomic mass is 16.3. The van der Waals surface area contributed by atoms with Gasteiger partial charge in [-0.25, -0.2) is 0 Å². The van der Waals surface area contributed by atoms with Gasteiger partial charge in [0.2, 0.25) is 5.91 Å². The van der Waals surface area contributed by atoms with Crippen molar-refractivity contribution in [1.82, 2.24) is 9.80 Å². The lowest BCUT2D eigenvalue weighted by molar-refractivity contribution is -0.128. The van der Waals surface area contributed by atoms with Crippen LogP contribution in [0.2, 0.25) is 0 Å². The standard InChI is InChI=1S/C18H24N2O4/c1-13(2)11-20-12-18(10-15(20)21)5-7-19(8-6-18)17(23)16(22)14-4-3-9-24-14/h3-4,9,13H,5-8,10-12H2,1-2H3. The molecule has 1 spiro atoms. The summed E-state index contributed by atoms with van der Waals surface area (Å²) < 4.78 is 5.02. The van der Waals surface area contributed by atoms with Crippen LogP contribution in [0.25, 0.3) is 0 Å². The monoisotopic (exact) mass is 332 g/mol. The molecule has 3 heterocycles. The van der Waals surface area contributed by atoms with Crippen LogP contribution >= 0.6 is 0 Å². The Bertz CT molecular complexity index is 627. The SMILES string of the molecule is CC(C)CN1CC2(CCN(C(=O)C(=O)c3ccco3)CC2)CC1=O. The summed E-state index contributed by atoms with van der Waals surface area (Å²) in [5, 5.41) is 0. The number of rotatable bonds is 4. The van der Waals surface area contributed by atoms with Gasteiger partial charge < -0.3 is 14.2 Å². The molecule has 1 aromatic heterocycles. The number of likely N-dealkylation sites (tertiary alicyclic amines) is 2. The van der Waals surface area contributed by atoms with Gasteiger partial charge in [-0.1, -0.05) is 13.8 Å². The van der Waals surface area contributed by atoms with Crippen LogP contribution in [0.15, 0.2) is 22.8 Å². The number of hydrogen-bond acceptors (Lipinski definition) is 4. The van der Waals surface area contributed by atoms with Crippen molar-refractivity contribution < 1.29 is 18.8 Å². The predicted octanol–water partition coefficient (Wildman–Crippen LogP) is 1.96. The molecule has 0 bridgehead atoms. The fraction of sp³-hybridized carbons (Fsp3) is 0.611. The van der Waals surface area contributed by atoms with Crippen LogP contribution in [-0.4, -0.2) is 53.6 Å². The minimum absolute atomic E-state index is 0.0313. The van der Waals surface area contributed by atoms with Gasteiger partial charge in [-0.05, 0) is 30.9 Å². The Hall–Kier alpha value is -2.11. The number of amides is 2. The van der Waals surface area contributed by atoms with E-state index >= 15 is 0 Å². The van der Waals surface area contributed by atoms with E-state index in [-0.39, 0.29) is 17.1 Å². The predicted molar refractivity (Wildman–Crippen MR) is 87.3 cm³/mol. The van der Waals surface area contributed by atoms with E-state index in [2.05, 4.69) is 13.8 Å². The van der Waals surface area contributed by atoms with Gasteiger partial charge in [-0.2, -0.15) is 0 Å². The quantitative estimate of drug-likeness (QED) is 0.624. The average Bonchev–Trinajstić information content (AvgIpc) is 3.16. The van der Waals surface area contributed by atoms with Crippen molar-refractivity contribution in [3.8, 4) is 0 Å². The van der Waals surface area contributed by atoms with E-state index in [9.17, 15) is 14.4 Å². The molecule has 2 amide bonds. The van der Waals surface area contributed by atoms with Crippen LogP contribution in [0.3, 0.4) is 0 Å². The molecule has 130 valence electrons. The first-order chi connectivity index (χ1) is 11.4. The molecule has 2 saturated heterocycles. The molecule has 3 rings (SSSR count). The number of ketones is 1. The molecule has 2 aliphatic rings. The lowest BCUT2D eigenvalue weighted by atomic mass is 9.77. The number of Topliss-reactive ketones (excluding diaryl/α,β-unsaturated/α-hetero) is 1. The second kappa shape index (κ2) is 6.42. The summed E-state index contributed by atoms with van der Waals surface area (Å²) >= 11 is 0. The van der Waals surface area contributed by atoms with Crippen molar-refractivity contribution in [3.63, 3.8) is 0 Å². The minimum atomic E-state index is -0.597. The molecule has 2 aliphatic heterocycles. The summed E-state index contributed by atoms with van der Waals surface area (Å²) in [6.45, 7) is 6.83. The van der Waals surface area contributed by atoms with Gasteiger partial charge in [0.25, 0.3) is 11.7 Å². The molecule has 0 aliphatic carbocycles. The van der Waals surface area contributed by atoms with Crippen molar-refractivity contribution >= 4 is 17.6 Å². The average molecular weight is 332 g/mol. The highest BCUT2D eigenvalue weighted by Gasteiger charge is 2.45. The van der Waals surface area contributed by atoms with Crippen LogP contribution in [0.4, 0.5) is 0 Å². The van der Waals surface area contributed by atoms with E-state index in [4.69, 9.17) is 4.42 Å². The number of furan rings is 1. The molecule has 6 nitrogen and oxygen atoms in total. The van der Waals surface area contributed by atoms with Crippen LogP contribution in [0.5, 0.6) is 0 Å². The largest absolute Gasteiger partial charge is 0.461 e. The fourth-order valence-electron chi connectivity index (χ4n) is 3.76. The maximum atomic E-state index is 12.3. The molecule has 6 heteroatoms. The topological polar surface area (TPSA) is 70.8 Å². The maximum absolute atomic E-state index is 12.3. The van der Waals surface area contributed by atoms with E-state index in [0.29, 0.717) is 25.4 Å². The zero-order chi connectivity index (χ0) is 17.3. The fourth-order valence-corrected chi connectivity index (χ4v) is 3.76. The van der Waals surface area contributed by atoms with E-state index in [1.165, 1.54) is 12.3 Å². The van der Waals surface area contributed by atoms with Gasteiger partial charge in [0, 0.05) is 38.0 Å². The molecule has 24 heavy (non-hydrogen) atoms. The number of carbonyl (C=O) groups is 3. The second-order valence-corrected chi connectivity index (χ2v) is 7.44. The zero-order valence-corrected chi connectivity index (χ0v) is 14.3. The summed E-state index contributed by atoms with van der Waals surface area (Å²) in [5.41, 5.74) is -0.0313. The van der Waals surface area contributed by atoms with E-state index in [1.54, 1.807) is 11.0 Å². The van der Waals surface area contributed by atoms with Gasteiger partial charge in [0.15, 0.2) is 5.76 Å². The second-order valence-electron chi connectivity index (χ2n) is 7.44. The summed E-state index contributed by atoms with van der Waals surface area (Å²) in [4.78, 5) is 40.2. The number of carbonyl (C=O) groups excluding carboxylic acids is 3. The molecule has 0 radical (unpaired) electrons. The Morgan fingerprint density at radius 3 is 2.58 bits per heavy atom. The summed E-state index contributed by atoms with van der Waals surface area (Å²) in [7, 11) is 0. The van der Waals surface area contributed by atoms with Crippen molar-refractivity contribution in [3.05, 3.63) is 24.2 Å². The number of hydrogen-bond donors (Lipinski definition) is 0. The van der Waals surface area contributed by atoms with Gasteiger partial charge in [-0.3, -0.25) is 14.4 Å². The Morgan fingerprint density at radius 2 is 2.00 bits per heavy atom. The van der Waals surface area contributed by atoms with Gasteiger partial charge in [0.05, 0.1) is 6.26 Å². The zero-order valence-electron chi connectivity index (χ0n) is 14.3. The van der Waals surface area contributed by atoms with Gasteiger partial charge >= 0.3 is 0 Å². The van der Waals surface area contributed by atoms with Crippen molar-refractivity contribution in [1.29, 1.82) is 0 Å². The molecule has 0 atom stereocenters. The molecular weight excluding hydrogens is 308 g/mol. The molecule has 0 saturated carbocycles. The minimum Gasteiger partial charge on any atom is -0.461 e. The summed E-state index contributed by atoms with van der Waals surface area (Å²) in [6.07, 6.45) is 3.49. The first-order valence-corrected chi connectivity index (χ1v) is 8.55. The Labute approximate surface area is 141 Å². The van der Waals surface area contributed by atoms with Crippen molar-refractivity contribution in [2.75, 3.05) is 26.2 Å². The highest BCUT2D eigenvalue weighted by molar-refractivity contribution is 6.41. The van der Waals surface area contributed by atoms with Crippen LogP contribution in [0.1, 0.15) is 43.7 Å². The molecule has 0 N–H and O–H groups in total. The normalized spacial score (nSPS) is 20.2. The smallest absolute Gasteiger partial charge is 0.298 e. The van der Waals surface area contributed by atoms with Crippen molar-refractivity contribution in [2.24, 2.45) is 11.3 Å². The Kier molecular flexibility index (Phi) is 4.47. The number of nitrogens with zero attached hydrogens (tertiary/aromatic N) is 2. The molecule has 1 aromatic rings. The van der Waals surface area contributed by atoms with E-state index in [0.717, 1.165) is 25.9 Å². The van der Waals surface area contributed by atoms with Crippen LogP contribution in [-0.2, 0) is 9.59 Å². The molecule has 0 aromatic carbocycles. The van der Waals surface area contributed by atoms with Crippen LogP contribution in [0, 0.1) is 11.3 Å². The number of piperidine rings is 1. The Morgan fingerprint density at radius 1 is 1.29 bits per heavy atom. The molecular formula is C18H24N2O4. The molecule has 2 fully saturated rings. The summed E-state index contributed by atoms with van der Waals surface area (Å²) in [6, 6.07) is 3.10. The summed E-state index contributed by atoms with van der Waals surface area (Å²) in [5.74, 6) is -0.352. The molecule has 0 unspecified atom stereocenters. The van der Waals surface area contributed by atoms with E-state index in [1.807, 2.05) is 4.90 Å². The third-order valence-electron chi connectivity index (χ3n) is 5.04. The van der Waals surface area contributed by atoms with Crippen LogP contribution < -0.4 is 0 Å². The van der Waals surface area contributed by atoms with Crippen molar-refractivity contribution in [2.45, 2.75) is 33.1 Å². The lowest BCUT2D eigenvalue weighted by Crippen LogP contribution is -2.46. The third-order valence-corrected chi connectivity index (χ3v) is 5.04. The maximum Gasteiger partial charge on any atom is 0.298 e.